The van der Waals surface area contributed by atoms with Crippen molar-refractivity contribution in [2.24, 2.45) is 0 Å². The van der Waals surface area contributed by atoms with Gasteiger partial charge in [0.25, 0.3) is 5.91 Å². The van der Waals surface area contributed by atoms with Crippen LogP contribution in [0.25, 0.3) is 0 Å². The number of hydrogen-bond donors (Lipinski definition) is 1. The lowest BCUT2D eigenvalue weighted by atomic mass is 10.0. The van der Waals surface area contributed by atoms with Crippen LogP contribution in [0, 0.1) is 0 Å². The molecular weight excluding hydrogens is 258 g/mol. The standard InChI is InChI=1S/C16H16ClNO/c1-11(2)12-6-8-15(9-7-12)18-16(19)13-4-3-5-14(17)10-13/h3-11H,1-2H3,(H,18,19). The minimum absolute atomic E-state index is 0.153. The molecule has 2 nitrogen and oxygen atoms in total. The van der Waals surface area contributed by atoms with E-state index < -0.39 is 0 Å². The Morgan fingerprint density at radius 2 is 1.79 bits per heavy atom. The van der Waals surface area contributed by atoms with Crippen molar-refractivity contribution in [1.82, 2.24) is 0 Å². The van der Waals surface area contributed by atoms with Gasteiger partial charge in [-0.2, -0.15) is 0 Å². The van der Waals surface area contributed by atoms with E-state index in [-0.39, 0.29) is 5.91 Å². The predicted molar refractivity (Wildman–Crippen MR) is 79.9 cm³/mol. The van der Waals surface area contributed by atoms with E-state index in [2.05, 4.69) is 19.2 Å². The fourth-order valence-corrected chi connectivity index (χ4v) is 1.97. The van der Waals surface area contributed by atoms with Crippen molar-refractivity contribution >= 4 is 23.2 Å². The first kappa shape index (κ1) is 13.6. The highest BCUT2D eigenvalue weighted by molar-refractivity contribution is 6.31. The largest absolute Gasteiger partial charge is 0.322 e. The zero-order valence-electron chi connectivity index (χ0n) is 11.0. The van der Waals surface area contributed by atoms with E-state index in [0.717, 1.165) is 5.69 Å². The molecule has 1 N–H and O–H groups in total. The van der Waals surface area contributed by atoms with Crippen molar-refractivity contribution in [1.29, 1.82) is 0 Å². The average molecular weight is 274 g/mol. The average Bonchev–Trinajstić information content (AvgIpc) is 2.39. The molecule has 0 radical (unpaired) electrons. The highest BCUT2D eigenvalue weighted by Crippen LogP contribution is 2.18. The van der Waals surface area contributed by atoms with Gasteiger partial charge in [0.05, 0.1) is 0 Å². The van der Waals surface area contributed by atoms with Crippen LogP contribution in [0.3, 0.4) is 0 Å². The van der Waals surface area contributed by atoms with Crippen LogP contribution in [0.5, 0.6) is 0 Å². The first-order chi connectivity index (χ1) is 9.06. The molecule has 0 saturated carbocycles. The molecule has 0 aliphatic rings. The van der Waals surface area contributed by atoms with Crippen LogP contribution in [0.15, 0.2) is 48.5 Å². The van der Waals surface area contributed by atoms with Crippen molar-refractivity contribution in [2.45, 2.75) is 19.8 Å². The maximum absolute atomic E-state index is 12.0. The monoisotopic (exact) mass is 273 g/mol. The summed E-state index contributed by atoms with van der Waals surface area (Å²) in [6.45, 7) is 4.28. The van der Waals surface area contributed by atoms with E-state index in [1.54, 1.807) is 24.3 Å². The quantitative estimate of drug-likeness (QED) is 0.862. The van der Waals surface area contributed by atoms with Crippen molar-refractivity contribution in [3.05, 3.63) is 64.7 Å². The fourth-order valence-electron chi connectivity index (χ4n) is 1.78. The van der Waals surface area contributed by atoms with Gasteiger partial charge >= 0.3 is 0 Å². The number of rotatable bonds is 3. The van der Waals surface area contributed by atoms with Gasteiger partial charge in [0.2, 0.25) is 0 Å². The first-order valence-corrected chi connectivity index (χ1v) is 6.61. The molecule has 0 saturated heterocycles. The minimum Gasteiger partial charge on any atom is -0.322 e. The third kappa shape index (κ3) is 3.58. The summed E-state index contributed by atoms with van der Waals surface area (Å²) in [5.74, 6) is 0.331. The maximum atomic E-state index is 12.0. The molecular formula is C16H16ClNO. The van der Waals surface area contributed by atoms with Crippen molar-refractivity contribution in [3.63, 3.8) is 0 Å². The molecule has 2 aromatic rings. The number of hydrogen-bond acceptors (Lipinski definition) is 1. The zero-order chi connectivity index (χ0) is 13.8. The minimum atomic E-state index is -0.153. The van der Waals surface area contributed by atoms with E-state index in [0.29, 0.717) is 16.5 Å². The summed E-state index contributed by atoms with van der Waals surface area (Å²) in [4.78, 5) is 12.0. The fraction of sp³-hybridized carbons (Fsp3) is 0.188. The van der Waals surface area contributed by atoms with Gasteiger partial charge in [0.15, 0.2) is 0 Å². The Morgan fingerprint density at radius 3 is 2.37 bits per heavy atom. The van der Waals surface area contributed by atoms with Gasteiger partial charge in [-0.3, -0.25) is 4.79 Å². The Morgan fingerprint density at radius 1 is 1.11 bits per heavy atom. The van der Waals surface area contributed by atoms with Gasteiger partial charge in [-0.1, -0.05) is 43.6 Å². The van der Waals surface area contributed by atoms with E-state index in [4.69, 9.17) is 11.6 Å². The number of halogens is 1. The number of carbonyl (C=O) groups excluding carboxylic acids is 1. The predicted octanol–water partition coefficient (Wildman–Crippen LogP) is 4.72. The maximum Gasteiger partial charge on any atom is 0.255 e. The summed E-state index contributed by atoms with van der Waals surface area (Å²) < 4.78 is 0. The van der Waals surface area contributed by atoms with E-state index in [9.17, 15) is 4.79 Å². The van der Waals surface area contributed by atoms with Gasteiger partial charge in [0, 0.05) is 16.3 Å². The molecule has 0 heterocycles. The molecule has 0 aromatic heterocycles. The second-order valence-electron chi connectivity index (χ2n) is 4.74. The van der Waals surface area contributed by atoms with Crippen LogP contribution in [0.4, 0.5) is 5.69 Å². The molecule has 0 unspecified atom stereocenters. The van der Waals surface area contributed by atoms with Crippen LogP contribution in [0.1, 0.15) is 35.7 Å². The van der Waals surface area contributed by atoms with E-state index in [1.165, 1.54) is 5.56 Å². The van der Waals surface area contributed by atoms with Gasteiger partial charge in [-0.25, -0.2) is 0 Å². The summed E-state index contributed by atoms with van der Waals surface area (Å²) in [5.41, 5.74) is 2.59. The number of anilines is 1. The van der Waals surface area contributed by atoms with Crippen LogP contribution in [-0.4, -0.2) is 5.91 Å². The topological polar surface area (TPSA) is 29.1 Å². The molecule has 0 spiro atoms. The summed E-state index contributed by atoms with van der Waals surface area (Å²) in [5, 5.41) is 3.41. The van der Waals surface area contributed by atoms with E-state index in [1.807, 2.05) is 24.3 Å². The summed E-state index contributed by atoms with van der Waals surface area (Å²) in [7, 11) is 0. The van der Waals surface area contributed by atoms with Gasteiger partial charge in [-0.05, 0) is 41.8 Å². The lowest BCUT2D eigenvalue weighted by Gasteiger charge is -2.08. The van der Waals surface area contributed by atoms with Crippen LogP contribution in [0.2, 0.25) is 5.02 Å². The normalized spacial score (nSPS) is 10.5. The van der Waals surface area contributed by atoms with Crippen molar-refractivity contribution in [3.8, 4) is 0 Å². The Kier molecular flexibility index (Phi) is 4.23. The molecule has 2 rings (SSSR count). The number of carbonyl (C=O) groups is 1. The molecule has 2 aromatic carbocycles. The lowest BCUT2D eigenvalue weighted by molar-refractivity contribution is 0.102. The smallest absolute Gasteiger partial charge is 0.255 e. The molecule has 0 aliphatic heterocycles. The Hall–Kier alpha value is -1.80. The first-order valence-electron chi connectivity index (χ1n) is 6.23. The van der Waals surface area contributed by atoms with Gasteiger partial charge in [0.1, 0.15) is 0 Å². The third-order valence-corrected chi connectivity index (χ3v) is 3.16. The molecule has 0 bridgehead atoms. The Labute approximate surface area is 118 Å². The van der Waals surface area contributed by atoms with Gasteiger partial charge in [-0.15, -0.1) is 0 Å². The molecule has 1 amide bonds. The van der Waals surface area contributed by atoms with Crippen LogP contribution in [-0.2, 0) is 0 Å². The highest BCUT2D eigenvalue weighted by Gasteiger charge is 2.06. The molecule has 0 atom stereocenters. The van der Waals surface area contributed by atoms with Crippen LogP contribution >= 0.6 is 11.6 Å². The number of nitrogens with one attached hydrogen (secondary N) is 1. The summed E-state index contributed by atoms with van der Waals surface area (Å²) in [6, 6.07) is 14.8. The molecule has 0 fully saturated rings. The Balaban J connectivity index is 2.10. The SMILES string of the molecule is CC(C)c1ccc(NC(=O)c2cccc(Cl)c2)cc1. The second kappa shape index (κ2) is 5.89. The molecule has 0 aliphatic carbocycles. The summed E-state index contributed by atoms with van der Waals surface area (Å²) in [6.07, 6.45) is 0. The highest BCUT2D eigenvalue weighted by atomic mass is 35.5. The zero-order valence-corrected chi connectivity index (χ0v) is 11.7. The number of amides is 1. The number of benzene rings is 2. The third-order valence-electron chi connectivity index (χ3n) is 2.92. The summed E-state index contributed by atoms with van der Waals surface area (Å²) >= 11 is 5.87. The lowest BCUT2D eigenvalue weighted by Crippen LogP contribution is -2.11. The van der Waals surface area contributed by atoms with Crippen LogP contribution < -0.4 is 5.32 Å². The Bertz CT molecular complexity index is 576. The molecule has 98 valence electrons. The van der Waals surface area contributed by atoms with Crippen molar-refractivity contribution < 1.29 is 4.79 Å². The molecule has 3 heteroatoms. The van der Waals surface area contributed by atoms with E-state index >= 15 is 0 Å². The molecule has 19 heavy (non-hydrogen) atoms. The van der Waals surface area contributed by atoms with Crippen molar-refractivity contribution in [2.75, 3.05) is 5.32 Å². The second-order valence-corrected chi connectivity index (χ2v) is 5.18. The van der Waals surface area contributed by atoms with Gasteiger partial charge < -0.3 is 5.32 Å².